The van der Waals surface area contributed by atoms with Gasteiger partial charge >= 0.3 is 0 Å². The fraction of sp³-hybridized carbons (Fsp3) is 0.222. The monoisotopic (exact) mass is 342 g/mol. The first-order valence-corrected chi connectivity index (χ1v) is 8.61. The summed E-state index contributed by atoms with van der Waals surface area (Å²) in [5.74, 6) is 1.77. The van der Waals surface area contributed by atoms with Crippen LogP contribution in [0.15, 0.2) is 57.8 Å². The molecule has 24 heavy (non-hydrogen) atoms. The van der Waals surface area contributed by atoms with Crippen molar-refractivity contribution in [2.45, 2.75) is 11.3 Å². The van der Waals surface area contributed by atoms with E-state index in [9.17, 15) is 4.79 Å². The zero-order valence-corrected chi connectivity index (χ0v) is 14.1. The molecule has 1 aromatic heterocycles. The van der Waals surface area contributed by atoms with E-state index in [1.54, 1.807) is 7.11 Å². The van der Waals surface area contributed by atoms with E-state index in [1.165, 1.54) is 11.8 Å². The summed E-state index contributed by atoms with van der Waals surface area (Å²) in [5, 5.41) is 2.88. The first-order chi connectivity index (χ1) is 11.7. The fourth-order valence-corrected chi connectivity index (χ4v) is 3.00. The number of thioether (sulfide) groups is 1. The molecule has 3 rings (SSSR count). The number of hydrogen-bond donors (Lipinski definition) is 1. The number of carbonyl (C=O) groups is 1. The molecule has 0 spiro atoms. The minimum absolute atomic E-state index is 0.0149. The van der Waals surface area contributed by atoms with E-state index in [0.717, 1.165) is 21.7 Å². The van der Waals surface area contributed by atoms with Crippen LogP contribution in [0, 0.1) is 0 Å². The van der Waals surface area contributed by atoms with Gasteiger partial charge in [-0.3, -0.25) is 4.79 Å². The Balaban J connectivity index is 1.43. The summed E-state index contributed by atoms with van der Waals surface area (Å²) in [6.45, 7) is 0.504. The maximum absolute atomic E-state index is 11.9. The highest BCUT2D eigenvalue weighted by atomic mass is 32.2. The summed E-state index contributed by atoms with van der Waals surface area (Å²) in [6.07, 6.45) is 0.574. The van der Waals surface area contributed by atoms with Crippen LogP contribution in [0.4, 0.5) is 0 Å². The summed E-state index contributed by atoms with van der Waals surface area (Å²) in [4.78, 5) is 17.3. The Morgan fingerprint density at radius 1 is 1.25 bits per heavy atom. The Hall–Kier alpha value is -2.47. The summed E-state index contributed by atoms with van der Waals surface area (Å²) < 4.78 is 10.8. The zero-order chi connectivity index (χ0) is 16.8. The van der Waals surface area contributed by atoms with Crippen molar-refractivity contribution in [1.29, 1.82) is 0 Å². The van der Waals surface area contributed by atoms with E-state index in [2.05, 4.69) is 10.3 Å². The number of oxazole rings is 1. The highest BCUT2D eigenvalue weighted by Gasteiger charge is 2.07. The van der Waals surface area contributed by atoms with Gasteiger partial charge in [0, 0.05) is 17.9 Å². The Labute approximate surface area is 144 Å². The van der Waals surface area contributed by atoms with Gasteiger partial charge in [0.05, 0.1) is 12.9 Å². The average molecular weight is 342 g/mol. The highest BCUT2D eigenvalue weighted by molar-refractivity contribution is 8.00. The largest absolute Gasteiger partial charge is 0.497 e. The first kappa shape index (κ1) is 16.4. The van der Waals surface area contributed by atoms with Gasteiger partial charge < -0.3 is 14.5 Å². The van der Waals surface area contributed by atoms with Crippen molar-refractivity contribution in [3.63, 3.8) is 0 Å². The van der Waals surface area contributed by atoms with Gasteiger partial charge in [0.2, 0.25) is 5.91 Å². The van der Waals surface area contributed by atoms with Crippen molar-refractivity contribution < 1.29 is 13.9 Å². The van der Waals surface area contributed by atoms with E-state index in [1.807, 2.05) is 48.5 Å². The normalized spacial score (nSPS) is 10.7. The van der Waals surface area contributed by atoms with Crippen molar-refractivity contribution in [1.82, 2.24) is 10.3 Å². The molecule has 0 fully saturated rings. The number of ether oxygens (including phenoxy) is 1. The minimum Gasteiger partial charge on any atom is -0.497 e. The van der Waals surface area contributed by atoms with Crippen molar-refractivity contribution in [3.05, 3.63) is 54.4 Å². The molecule has 0 saturated carbocycles. The molecule has 3 aromatic rings. The molecule has 0 bridgehead atoms. The second-order valence-corrected chi connectivity index (χ2v) is 6.19. The number of aromatic nitrogens is 1. The van der Waals surface area contributed by atoms with E-state index in [-0.39, 0.29) is 5.91 Å². The fourth-order valence-electron chi connectivity index (χ4n) is 2.23. The number of fused-ring (bicyclic) bond motifs is 1. The van der Waals surface area contributed by atoms with Crippen molar-refractivity contribution in [2.24, 2.45) is 0 Å². The lowest BCUT2D eigenvalue weighted by Gasteiger charge is -2.05. The molecule has 6 heteroatoms. The Morgan fingerprint density at radius 2 is 2.12 bits per heavy atom. The molecule has 0 unspecified atom stereocenters. The molecule has 0 aliphatic rings. The van der Waals surface area contributed by atoms with Gasteiger partial charge in [-0.25, -0.2) is 4.98 Å². The smallest absolute Gasteiger partial charge is 0.230 e. The molecule has 0 radical (unpaired) electrons. The van der Waals surface area contributed by atoms with Crippen LogP contribution in [-0.4, -0.2) is 30.3 Å². The number of carbonyl (C=O) groups excluding carboxylic acids is 1. The summed E-state index contributed by atoms with van der Waals surface area (Å²) in [7, 11) is 1.63. The van der Waals surface area contributed by atoms with Crippen LogP contribution >= 0.6 is 11.8 Å². The number of hydrogen-bond acceptors (Lipinski definition) is 5. The molecule has 124 valence electrons. The maximum atomic E-state index is 11.9. The molecule has 1 N–H and O–H groups in total. The Kier molecular flexibility index (Phi) is 5.38. The van der Waals surface area contributed by atoms with Gasteiger partial charge in [-0.05, 0) is 30.3 Å². The van der Waals surface area contributed by atoms with Crippen molar-refractivity contribution in [3.8, 4) is 5.75 Å². The lowest BCUT2D eigenvalue weighted by Crippen LogP contribution is -2.27. The second-order valence-electron chi connectivity index (χ2n) is 5.14. The number of benzene rings is 2. The van der Waals surface area contributed by atoms with Gasteiger partial charge in [-0.15, -0.1) is 11.8 Å². The molecule has 1 amide bonds. The van der Waals surface area contributed by atoms with E-state index in [0.29, 0.717) is 24.6 Å². The molecule has 0 atom stereocenters. The standard InChI is InChI=1S/C18H18N2O3S/c1-22-13-5-4-6-14(11-13)24-12-17(21)19-10-9-18-20-15-7-2-3-8-16(15)23-18/h2-8,11H,9-10,12H2,1H3,(H,19,21). The molecule has 0 aliphatic carbocycles. The third-order valence-electron chi connectivity index (χ3n) is 3.41. The first-order valence-electron chi connectivity index (χ1n) is 7.62. The maximum Gasteiger partial charge on any atom is 0.230 e. The van der Waals surface area contributed by atoms with Crippen LogP contribution in [0.3, 0.4) is 0 Å². The summed E-state index contributed by atoms with van der Waals surface area (Å²) in [5.41, 5.74) is 1.61. The number of amides is 1. The Morgan fingerprint density at radius 3 is 2.96 bits per heavy atom. The van der Waals surface area contributed by atoms with Gasteiger partial charge in [0.25, 0.3) is 0 Å². The van der Waals surface area contributed by atoms with Gasteiger partial charge in [-0.2, -0.15) is 0 Å². The van der Waals surface area contributed by atoms with Crippen molar-refractivity contribution in [2.75, 3.05) is 19.4 Å². The minimum atomic E-state index is -0.0149. The number of nitrogens with zero attached hydrogens (tertiary/aromatic N) is 1. The quantitative estimate of drug-likeness (QED) is 0.668. The van der Waals surface area contributed by atoms with Crippen LogP contribution in [0.1, 0.15) is 5.89 Å². The van der Waals surface area contributed by atoms with Crippen LogP contribution in [-0.2, 0) is 11.2 Å². The molecule has 2 aromatic carbocycles. The van der Waals surface area contributed by atoms with E-state index in [4.69, 9.17) is 9.15 Å². The number of methoxy groups -OCH3 is 1. The summed E-state index contributed by atoms with van der Waals surface area (Å²) in [6, 6.07) is 15.3. The van der Waals surface area contributed by atoms with Gasteiger partial charge in [-0.1, -0.05) is 18.2 Å². The third kappa shape index (κ3) is 4.29. The van der Waals surface area contributed by atoms with Gasteiger partial charge in [0.15, 0.2) is 11.5 Å². The third-order valence-corrected chi connectivity index (χ3v) is 4.40. The Bertz CT molecular complexity index is 799. The number of rotatable bonds is 7. The molecule has 0 saturated heterocycles. The van der Waals surface area contributed by atoms with Crippen LogP contribution < -0.4 is 10.1 Å². The van der Waals surface area contributed by atoms with Crippen LogP contribution in [0.25, 0.3) is 11.1 Å². The SMILES string of the molecule is COc1cccc(SCC(=O)NCCc2nc3ccccc3o2)c1. The van der Waals surface area contributed by atoms with Gasteiger partial charge in [0.1, 0.15) is 11.3 Å². The lowest BCUT2D eigenvalue weighted by atomic mass is 10.3. The molecule has 1 heterocycles. The molecule has 5 nitrogen and oxygen atoms in total. The van der Waals surface area contributed by atoms with Crippen molar-refractivity contribution >= 4 is 28.8 Å². The number of para-hydroxylation sites is 2. The predicted octanol–water partition coefficient (Wildman–Crippen LogP) is 3.29. The summed E-state index contributed by atoms with van der Waals surface area (Å²) >= 11 is 1.48. The lowest BCUT2D eigenvalue weighted by molar-refractivity contribution is -0.118. The molecular weight excluding hydrogens is 324 g/mol. The second kappa shape index (κ2) is 7.88. The highest BCUT2D eigenvalue weighted by Crippen LogP contribution is 2.22. The molecule has 0 aliphatic heterocycles. The molecular formula is C18H18N2O3S. The topological polar surface area (TPSA) is 64.4 Å². The predicted molar refractivity (Wildman–Crippen MR) is 94.4 cm³/mol. The number of nitrogens with one attached hydrogen (secondary N) is 1. The van der Waals surface area contributed by atoms with Crippen LogP contribution in [0.5, 0.6) is 5.75 Å². The van der Waals surface area contributed by atoms with E-state index < -0.39 is 0 Å². The van der Waals surface area contributed by atoms with Crippen LogP contribution in [0.2, 0.25) is 0 Å². The van der Waals surface area contributed by atoms with E-state index >= 15 is 0 Å². The average Bonchev–Trinajstić information content (AvgIpc) is 3.03. The zero-order valence-electron chi connectivity index (χ0n) is 13.3.